The summed E-state index contributed by atoms with van der Waals surface area (Å²) in [7, 11) is 3.33. The Kier molecular flexibility index (Phi) is 7.53. The molecule has 0 radical (unpaired) electrons. The van der Waals surface area contributed by atoms with Crippen molar-refractivity contribution in [3.63, 3.8) is 0 Å². The third-order valence-electron chi connectivity index (χ3n) is 3.82. The van der Waals surface area contributed by atoms with Crippen LogP contribution >= 0.6 is 0 Å². The number of carbonyl (C=O) groups is 1. The second kappa shape index (κ2) is 10.1. The molecule has 1 atom stereocenters. The van der Waals surface area contributed by atoms with E-state index in [1.807, 2.05) is 6.92 Å². The fourth-order valence-corrected chi connectivity index (χ4v) is 2.45. The van der Waals surface area contributed by atoms with Gasteiger partial charge in [-0.05, 0) is 43.7 Å². The molecule has 154 valence electrons. The first-order chi connectivity index (χ1) is 13.8. The van der Waals surface area contributed by atoms with Gasteiger partial charge in [-0.25, -0.2) is 0 Å². The molecule has 0 heterocycles. The Hall–Kier alpha value is -3.62. The molecule has 2 aromatic rings. The maximum atomic E-state index is 12.0. The lowest BCUT2D eigenvalue weighted by molar-refractivity contribution is -0.384. The van der Waals surface area contributed by atoms with Crippen molar-refractivity contribution in [1.82, 2.24) is 4.90 Å². The lowest BCUT2D eigenvalue weighted by atomic mass is 10.2. The summed E-state index contributed by atoms with van der Waals surface area (Å²) in [5, 5.41) is 14.9. The number of carbonyl (C=O) groups excluding carboxylic acids is 1. The van der Waals surface area contributed by atoms with E-state index < -0.39 is 11.0 Å². The summed E-state index contributed by atoms with van der Waals surface area (Å²) in [6.45, 7) is 3.96. The van der Waals surface area contributed by atoms with E-state index >= 15 is 0 Å². The minimum Gasteiger partial charge on any atom is -0.490 e. The zero-order chi connectivity index (χ0) is 21.4. The van der Waals surface area contributed by atoms with Gasteiger partial charge in [0.1, 0.15) is 0 Å². The van der Waals surface area contributed by atoms with Crippen LogP contribution < -0.4 is 14.9 Å². The van der Waals surface area contributed by atoms with Gasteiger partial charge in [-0.2, -0.15) is 5.10 Å². The lowest BCUT2D eigenvalue weighted by Crippen LogP contribution is -2.35. The minimum atomic E-state index is -0.653. The second-order valence-electron chi connectivity index (χ2n) is 6.31. The molecule has 0 bridgehead atoms. The van der Waals surface area contributed by atoms with E-state index in [0.29, 0.717) is 23.8 Å². The summed E-state index contributed by atoms with van der Waals surface area (Å²) in [6, 6.07) is 11.3. The molecule has 0 aliphatic carbocycles. The molecule has 2 rings (SSSR count). The average Bonchev–Trinajstić information content (AvgIpc) is 2.69. The number of ether oxygens (including phenoxy) is 2. The van der Waals surface area contributed by atoms with Crippen molar-refractivity contribution in [2.24, 2.45) is 5.10 Å². The fourth-order valence-electron chi connectivity index (χ4n) is 2.45. The van der Waals surface area contributed by atoms with E-state index in [1.54, 1.807) is 57.6 Å². The van der Waals surface area contributed by atoms with Crippen LogP contribution in [-0.2, 0) is 4.79 Å². The molecule has 0 aliphatic heterocycles. The molecule has 9 nitrogen and oxygen atoms in total. The number of likely N-dealkylation sites (N-methyl/N-ethyl adjacent to an activating group) is 1. The minimum absolute atomic E-state index is 0.0216. The number of nitrogens with one attached hydrogen (secondary N) is 1. The quantitative estimate of drug-likeness (QED) is 0.393. The number of rotatable bonds is 9. The molecule has 0 aromatic heterocycles. The van der Waals surface area contributed by atoms with Crippen LogP contribution in [0.1, 0.15) is 19.4 Å². The van der Waals surface area contributed by atoms with Crippen molar-refractivity contribution in [3.8, 4) is 11.5 Å². The summed E-state index contributed by atoms with van der Waals surface area (Å²) in [6.07, 6.45) is 0.902. The van der Waals surface area contributed by atoms with Gasteiger partial charge in [0.2, 0.25) is 0 Å². The van der Waals surface area contributed by atoms with Crippen molar-refractivity contribution >= 4 is 23.5 Å². The Morgan fingerprint density at radius 3 is 2.69 bits per heavy atom. The molecular formula is C20H24N4O5. The van der Waals surface area contributed by atoms with Gasteiger partial charge >= 0.3 is 0 Å². The van der Waals surface area contributed by atoms with Crippen molar-refractivity contribution in [2.75, 3.05) is 26.1 Å². The highest BCUT2D eigenvalue weighted by molar-refractivity contribution is 5.82. The predicted octanol–water partition coefficient (Wildman–Crippen LogP) is 3.30. The van der Waals surface area contributed by atoms with E-state index in [9.17, 15) is 14.9 Å². The van der Waals surface area contributed by atoms with E-state index in [2.05, 4.69) is 10.5 Å². The third kappa shape index (κ3) is 6.20. The number of nitro benzene ring substituents is 1. The van der Waals surface area contributed by atoms with Crippen LogP contribution in [0.3, 0.4) is 0 Å². The number of nitro groups is 1. The zero-order valence-electron chi connectivity index (χ0n) is 16.8. The average molecular weight is 400 g/mol. The Morgan fingerprint density at radius 2 is 2.03 bits per heavy atom. The number of amides is 1. The van der Waals surface area contributed by atoms with E-state index in [1.165, 1.54) is 17.0 Å². The largest absolute Gasteiger partial charge is 0.490 e. The SMILES string of the molecule is CCOc1cc(/C=N\Nc2cccc([N+](=O)[O-])c2)ccc1O[C@@H](C)C(=O)N(C)C. The number of hydrazone groups is 1. The Labute approximate surface area is 169 Å². The van der Waals surface area contributed by atoms with Gasteiger partial charge in [-0.1, -0.05) is 6.07 Å². The molecule has 0 aliphatic rings. The smallest absolute Gasteiger partial charge is 0.271 e. The first-order valence-electron chi connectivity index (χ1n) is 9.00. The van der Waals surface area contributed by atoms with Gasteiger partial charge < -0.3 is 14.4 Å². The molecular weight excluding hydrogens is 376 g/mol. The summed E-state index contributed by atoms with van der Waals surface area (Å²) in [4.78, 5) is 23.8. The van der Waals surface area contributed by atoms with Crippen LogP contribution in [0.5, 0.6) is 11.5 Å². The maximum Gasteiger partial charge on any atom is 0.271 e. The Morgan fingerprint density at radius 1 is 1.28 bits per heavy atom. The van der Waals surface area contributed by atoms with Gasteiger partial charge in [-0.15, -0.1) is 0 Å². The topological polar surface area (TPSA) is 106 Å². The fraction of sp³-hybridized carbons (Fsp3) is 0.300. The molecule has 0 unspecified atom stereocenters. The van der Waals surface area contributed by atoms with Gasteiger partial charge in [0.05, 0.1) is 23.4 Å². The van der Waals surface area contributed by atoms with Gasteiger partial charge in [0.25, 0.3) is 11.6 Å². The van der Waals surface area contributed by atoms with Crippen LogP contribution in [0.2, 0.25) is 0 Å². The summed E-state index contributed by atoms with van der Waals surface area (Å²) < 4.78 is 11.4. The number of hydrogen-bond donors (Lipinski definition) is 1. The first kappa shape index (κ1) is 21.7. The monoisotopic (exact) mass is 400 g/mol. The Bertz CT molecular complexity index is 898. The maximum absolute atomic E-state index is 12.0. The first-order valence-corrected chi connectivity index (χ1v) is 9.00. The molecule has 1 N–H and O–H groups in total. The lowest BCUT2D eigenvalue weighted by Gasteiger charge is -2.20. The number of anilines is 1. The summed E-state index contributed by atoms with van der Waals surface area (Å²) in [5.41, 5.74) is 3.96. The molecule has 0 fully saturated rings. The van der Waals surface area contributed by atoms with Crippen LogP contribution in [-0.4, -0.2) is 48.8 Å². The molecule has 0 saturated heterocycles. The second-order valence-corrected chi connectivity index (χ2v) is 6.31. The van der Waals surface area contributed by atoms with Crippen molar-refractivity contribution in [2.45, 2.75) is 20.0 Å². The van der Waals surface area contributed by atoms with Gasteiger partial charge in [-0.3, -0.25) is 20.3 Å². The number of nitrogens with zero attached hydrogens (tertiary/aromatic N) is 3. The van der Waals surface area contributed by atoms with E-state index in [4.69, 9.17) is 9.47 Å². The molecule has 1 amide bonds. The Balaban J connectivity index is 2.12. The molecule has 9 heteroatoms. The highest BCUT2D eigenvalue weighted by Gasteiger charge is 2.18. The van der Waals surface area contributed by atoms with E-state index in [-0.39, 0.29) is 11.6 Å². The molecule has 2 aromatic carbocycles. The number of hydrogen-bond acceptors (Lipinski definition) is 7. The summed E-state index contributed by atoms with van der Waals surface area (Å²) in [5.74, 6) is 0.794. The number of non-ortho nitro benzene ring substituents is 1. The molecule has 29 heavy (non-hydrogen) atoms. The standard InChI is InChI=1S/C20H24N4O5/c1-5-28-19-11-15(9-10-18(19)29-14(2)20(25)23(3)4)13-21-22-16-7-6-8-17(12-16)24(26)27/h6-14,22H,5H2,1-4H3/b21-13-/t14-/m0/s1. The van der Waals surface area contributed by atoms with Crippen LogP contribution in [0.25, 0.3) is 0 Å². The van der Waals surface area contributed by atoms with Gasteiger partial charge in [0, 0.05) is 26.2 Å². The third-order valence-corrected chi connectivity index (χ3v) is 3.82. The van der Waals surface area contributed by atoms with Crippen molar-refractivity contribution in [1.29, 1.82) is 0 Å². The zero-order valence-corrected chi connectivity index (χ0v) is 16.8. The van der Waals surface area contributed by atoms with E-state index in [0.717, 1.165) is 5.56 Å². The van der Waals surface area contributed by atoms with Crippen LogP contribution in [0, 0.1) is 10.1 Å². The summed E-state index contributed by atoms with van der Waals surface area (Å²) >= 11 is 0. The highest BCUT2D eigenvalue weighted by atomic mass is 16.6. The molecule has 0 saturated carbocycles. The van der Waals surface area contributed by atoms with Gasteiger partial charge in [0.15, 0.2) is 17.6 Å². The normalized spacial score (nSPS) is 11.7. The van der Waals surface area contributed by atoms with Crippen LogP contribution in [0.4, 0.5) is 11.4 Å². The number of benzene rings is 2. The van der Waals surface area contributed by atoms with Crippen molar-refractivity contribution in [3.05, 3.63) is 58.1 Å². The highest BCUT2D eigenvalue weighted by Crippen LogP contribution is 2.29. The predicted molar refractivity (Wildman–Crippen MR) is 111 cm³/mol. The molecule has 0 spiro atoms. The van der Waals surface area contributed by atoms with Crippen molar-refractivity contribution < 1.29 is 19.2 Å². The van der Waals surface area contributed by atoms with Crippen LogP contribution in [0.15, 0.2) is 47.6 Å².